The zero-order chi connectivity index (χ0) is 22.4. The van der Waals surface area contributed by atoms with Crippen LogP contribution in [0.1, 0.15) is 27.0 Å². The summed E-state index contributed by atoms with van der Waals surface area (Å²) in [5, 5.41) is 0. The van der Waals surface area contributed by atoms with Gasteiger partial charge in [0.05, 0.1) is 5.56 Å². The Morgan fingerprint density at radius 1 is 0.968 bits per heavy atom. The second kappa shape index (κ2) is 10.6. The van der Waals surface area contributed by atoms with E-state index in [2.05, 4.69) is 52.9 Å². The van der Waals surface area contributed by atoms with Crippen molar-refractivity contribution in [3.05, 3.63) is 93.5 Å². The highest BCUT2D eigenvalue weighted by atomic mass is 79.9. The SMILES string of the molecule is Cc1cc(C)cc(-c2ccc(OCCN(C)C)c(C(=O)C=Cc3ccccc3Br)c2)c1. The van der Waals surface area contributed by atoms with E-state index >= 15 is 0 Å². The van der Waals surface area contributed by atoms with E-state index in [1.54, 1.807) is 6.08 Å². The van der Waals surface area contributed by atoms with Crippen LogP contribution in [-0.4, -0.2) is 37.9 Å². The van der Waals surface area contributed by atoms with Crippen LogP contribution >= 0.6 is 15.9 Å². The number of carbonyl (C=O) groups excluding carboxylic acids is 1. The summed E-state index contributed by atoms with van der Waals surface area (Å²) in [6.45, 7) is 5.47. The Bertz CT molecular complexity index is 1080. The van der Waals surface area contributed by atoms with Crippen molar-refractivity contribution < 1.29 is 9.53 Å². The molecule has 4 heteroatoms. The summed E-state index contributed by atoms with van der Waals surface area (Å²) in [5.74, 6) is 0.526. The van der Waals surface area contributed by atoms with Crippen molar-refractivity contribution >= 4 is 27.8 Å². The van der Waals surface area contributed by atoms with E-state index in [4.69, 9.17) is 4.74 Å². The average molecular weight is 478 g/mol. The summed E-state index contributed by atoms with van der Waals surface area (Å²) in [6.07, 6.45) is 3.44. The van der Waals surface area contributed by atoms with Gasteiger partial charge in [-0.1, -0.05) is 69.5 Å². The Morgan fingerprint density at radius 3 is 2.35 bits per heavy atom. The van der Waals surface area contributed by atoms with Gasteiger partial charge in [-0.05, 0) is 75.0 Å². The van der Waals surface area contributed by atoms with Crippen molar-refractivity contribution in [3.8, 4) is 16.9 Å². The smallest absolute Gasteiger partial charge is 0.189 e. The summed E-state index contributed by atoms with van der Waals surface area (Å²) < 4.78 is 6.93. The Morgan fingerprint density at radius 2 is 1.68 bits per heavy atom. The Kier molecular flexibility index (Phi) is 7.83. The number of hydrogen-bond donors (Lipinski definition) is 0. The van der Waals surface area contributed by atoms with Crippen LogP contribution in [0.3, 0.4) is 0 Å². The lowest BCUT2D eigenvalue weighted by atomic mass is 9.97. The number of aryl methyl sites for hydroxylation is 2. The summed E-state index contributed by atoms with van der Waals surface area (Å²) in [4.78, 5) is 15.2. The second-order valence-electron chi connectivity index (χ2n) is 7.96. The number of allylic oxidation sites excluding steroid dienone is 1. The van der Waals surface area contributed by atoms with Gasteiger partial charge in [-0.2, -0.15) is 0 Å². The molecule has 160 valence electrons. The molecular formula is C27H28BrNO2. The van der Waals surface area contributed by atoms with Crippen LogP contribution in [0.15, 0.2) is 71.2 Å². The van der Waals surface area contributed by atoms with E-state index in [-0.39, 0.29) is 5.78 Å². The van der Waals surface area contributed by atoms with Gasteiger partial charge < -0.3 is 9.64 Å². The lowest BCUT2D eigenvalue weighted by Crippen LogP contribution is -2.20. The van der Waals surface area contributed by atoms with Gasteiger partial charge in [0.2, 0.25) is 0 Å². The molecule has 0 N–H and O–H groups in total. The Labute approximate surface area is 193 Å². The molecule has 0 atom stereocenters. The number of likely N-dealkylation sites (N-methyl/N-ethyl adjacent to an activating group) is 1. The van der Waals surface area contributed by atoms with Crippen LogP contribution in [0.4, 0.5) is 0 Å². The number of nitrogens with zero attached hydrogens (tertiary/aromatic N) is 1. The van der Waals surface area contributed by atoms with Crippen molar-refractivity contribution in [2.45, 2.75) is 13.8 Å². The third-order valence-corrected chi connectivity index (χ3v) is 5.64. The number of benzene rings is 3. The quantitative estimate of drug-likeness (QED) is 0.271. The molecular weight excluding hydrogens is 450 g/mol. The molecule has 0 aromatic heterocycles. The first-order valence-electron chi connectivity index (χ1n) is 10.3. The van der Waals surface area contributed by atoms with Crippen molar-refractivity contribution in [1.29, 1.82) is 0 Å². The fraction of sp³-hybridized carbons (Fsp3) is 0.222. The minimum absolute atomic E-state index is 0.0816. The molecule has 0 radical (unpaired) electrons. The highest BCUT2D eigenvalue weighted by Crippen LogP contribution is 2.29. The molecule has 3 aromatic carbocycles. The Balaban J connectivity index is 1.96. The maximum absolute atomic E-state index is 13.2. The molecule has 0 heterocycles. The van der Waals surface area contributed by atoms with E-state index in [0.717, 1.165) is 27.7 Å². The first-order chi connectivity index (χ1) is 14.8. The highest BCUT2D eigenvalue weighted by Gasteiger charge is 2.13. The average Bonchev–Trinajstić information content (AvgIpc) is 2.72. The van der Waals surface area contributed by atoms with Crippen LogP contribution in [0, 0.1) is 13.8 Å². The third-order valence-electron chi connectivity index (χ3n) is 4.92. The highest BCUT2D eigenvalue weighted by molar-refractivity contribution is 9.10. The fourth-order valence-electron chi connectivity index (χ4n) is 3.37. The molecule has 31 heavy (non-hydrogen) atoms. The zero-order valence-electron chi connectivity index (χ0n) is 18.5. The van der Waals surface area contributed by atoms with Gasteiger partial charge >= 0.3 is 0 Å². The van der Waals surface area contributed by atoms with E-state index in [0.29, 0.717) is 17.9 Å². The molecule has 0 bridgehead atoms. The van der Waals surface area contributed by atoms with Gasteiger partial charge in [0.15, 0.2) is 5.78 Å². The predicted octanol–water partition coefficient (Wildman–Crippen LogP) is 6.57. The molecule has 0 saturated heterocycles. The largest absolute Gasteiger partial charge is 0.491 e. The monoisotopic (exact) mass is 477 g/mol. The van der Waals surface area contributed by atoms with Crippen LogP contribution in [0.2, 0.25) is 0 Å². The van der Waals surface area contributed by atoms with Crippen molar-refractivity contribution in [2.24, 2.45) is 0 Å². The second-order valence-corrected chi connectivity index (χ2v) is 8.81. The maximum atomic E-state index is 13.2. The summed E-state index contributed by atoms with van der Waals surface area (Å²) >= 11 is 3.53. The number of hydrogen-bond acceptors (Lipinski definition) is 3. The molecule has 0 unspecified atom stereocenters. The van der Waals surface area contributed by atoms with Gasteiger partial charge in [-0.3, -0.25) is 4.79 Å². The number of ether oxygens (including phenoxy) is 1. The number of rotatable bonds is 8. The lowest BCUT2D eigenvalue weighted by molar-refractivity contribution is 0.104. The Hall–Kier alpha value is -2.69. The molecule has 0 aliphatic rings. The zero-order valence-corrected chi connectivity index (χ0v) is 20.1. The minimum atomic E-state index is -0.0816. The number of ketones is 1. The summed E-state index contributed by atoms with van der Waals surface area (Å²) in [7, 11) is 4.00. The standard InChI is InChI=1S/C27H28BrNO2/c1-19-15-20(2)17-23(16-19)22-10-12-27(31-14-13-29(3)4)24(18-22)26(30)11-9-21-7-5-6-8-25(21)28/h5-12,15-18H,13-14H2,1-4H3. The lowest BCUT2D eigenvalue weighted by Gasteiger charge is -2.15. The minimum Gasteiger partial charge on any atom is -0.491 e. The van der Waals surface area contributed by atoms with Crippen molar-refractivity contribution in [1.82, 2.24) is 4.90 Å². The van der Waals surface area contributed by atoms with Crippen molar-refractivity contribution in [2.75, 3.05) is 27.2 Å². The normalized spacial score (nSPS) is 11.3. The van der Waals surface area contributed by atoms with Crippen LogP contribution < -0.4 is 4.74 Å². The fourth-order valence-corrected chi connectivity index (χ4v) is 3.79. The molecule has 0 aliphatic carbocycles. The molecule has 0 spiro atoms. The van der Waals surface area contributed by atoms with Gasteiger partial charge in [0.25, 0.3) is 0 Å². The molecule has 3 rings (SSSR count). The van der Waals surface area contributed by atoms with E-state index < -0.39 is 0 Å². The molecule has 0 aliphatic heterocycles. The van der Waals surface area contributed by atoms with E-state index in [1.807, 2.05) is 62.6 Å². The number of carbonyl (C=O) groups is 1. The van der Waals surface area contributed by atoms with Gasteiger partial charge in [-0.25, -0.2) is 0 Å². The van der Waals surface area contributed by atoms with Gasteiger partial charge in [0, 0.05) is 11.0 Å². The molecule has 0 amide bonds. The van der Waals surface area contributed by atoms with Gasteiger partial charge in [0.1, 0.15) is 12.4 Å². The topological polar surface area (TPSA) is 29.5 Å². The maximum Gasteiger partial charge on any atom is 0.189 e. The molecule has 3 nitrogen and oxygen atoms in total. The first-order valence-corrected chi connectivity index (χ1v) is 11.1. The number of halogens is 1. The molecule has 0 saturated carbocycles. The van der Waals surface area contributed by atoms with E-state index in [1.165, 1.54) is 11.1 Å². The molecule has 3 aromatic rings. The first kappa shape index (κ1) is 23.0. The third kappa shape index (κ3) is 6.39. The van der Waals surface area contributed by atoms with E-state index in [9.17, 15) is 4.79 Å². The van der Waals surface area contributed by atoms with Crippen LogP contribution in [0.5, 0.6) is 5.75 Å². The van der Waals surface area contributed by atoms with Crippen LogP contribution in [-0.2, 0) is 0 Å². The molecule has 0 fully saturated rings. The predicted molar refractivity (Wildman–Crippen MR) is 133 cm³/mol. The summed E-state index contributed by atoms with van der Waals surface area (Å²) in [5.41, 5.74) is 6.02. The van der Waals surface area contributed by atoms with Crippen LogP contribution in [0.25, 0.3) is 17.2 Å². The van der Waals surface area contributed by atoms with Crippen molar-refractivity contribution in [3.63, 3.8) is 0 Å². The van der Waals surface area contributed by atoms with Gasteiger partial charge in [-0.15, -0.1) is 0 Å². The summed E-state index contributed by atoms with van der Waals surface area (Å²) in [6, 6.07) is 20.1.